The lowest BCUT2D eigenvalue weighted by atomic mass is 9.93. The maximum atomic E-state index is 4.58. The first kappa shape index (κ1) is 12.1. The zero-order chi connectivity index (χ0) is 13.4. The van der Waals surface area contributed by atoms with Crippen LogP contribution < -0.4 is 5.32 Å². The number of aromatic nitrogens is 2. The number of rotatable bonds is 2. The van der Waals surface area contributed by atoms with Crippen LogP contribution in [0, 0.1) is 0 Å². The number of hydrogen-bond donors (Lipinski definition) is 2. The molecule has 0 atom stereocenters. The minimum absolute atomic E-state index is 0.666. The van der Waals surface area contributed by atoms with Gasteiger partial charge in [-0.25, -0.2) is 0 Å². The molecule has 4 heteroatoms. The van der Waals surface area contributed by atoms with Crippen LogP contribution in [0.4, 0.5) is 0 Å². The van der Waals surface area contributed by atoms with Crippen LogP contribution in [0.2, 0.25) is 0 Å². The van der Waals surface area contributed by atoms with E-state index in [4.69, 9.17) is 0 Å². The average Bonchev–Trinajstić information content (AvgIpc) is 3.09. The first-order chi connectivity index (χ1) is 9.93. The molecule has 0 aromatic carbocycles. The lowest BCUT2D eigenvalue weighted by Gasteiger charge is -2.22. The first-order valence-corrected chi connectivity index (χ1v) is 7.97. The van der Waals surface area contributed by atoms with Gasteiger partial charge in [-0.05, 0) is 50.0 Å². The number of piperidine rings is 1. The van der Waals surface area contributed by atoms with Gasteiger partial charge in [0.2, 0.25) is 0 Å². The molecule has 20 heavy (non-hydrogen) atoms. The van der Waals surface area contributed by atoms with Gasteiger partial charge < -0.3 is 10.3 Å². The van der Waals surface area contributed by atoms with Crippen LogP contribution in [0.3, 0.4) is 0 Å². The summed E-state index contributed by atoms with van der Waals surface area (Å²) in [5.41, 5.74) is 3.67. The summed E-state index contributed by atoms with van der Waals surface area (Å²) >= 11 is 1.93. The minimum atomic E-state index is 0.666. The molecule has 4 heterocycles. The van der Waals surface area contributed by atoms with Crippen molar-refractivity contribution in [2.24, 2.45) is 0 Å². The Kier molecular flexibility index (Phi) is 3.05. The normalized spacial score (nSPS) is 16.8. The molecule has 1 aliphatic heterocycles. The summed E-state index contributed by atoms with van der Waals surface area (Å²) in [7, 11) is 0. The average molecular weight is 283 g/mol. The van der Waals surface area contributed by atoms with Crippen LogP contribution in [-0.4, -0.2) is 23.1 Å². The predicted molar refractivity (Wildman–Crippen MR) is 84.3 cm³/mol. The van der Waals surface area contributed by atoms with Gasteiger partial charge >= 0.3 is 0 Å². The summed E-state index contributed by atoms with van der Waals surface area (Å²) in [6, 6.07) is 8.34. The summed E-state index contributed by atoms with van der Waals surface area (Å²) in [6.45, 7) is 2.25. The molecule has 1 fully saturated rings. The van der Waals surface area contributed by atoms with Gasteiger partial charge in [0.15, 0.2) is 0 Å². The zero-order valence-corrected chi connectivity index (χ0v) is 12.0. The van der Waals surface area contributed by atoms with E-state index in [0.717, 1.165) is 18.8 Å². The molecular formula is C16H17N3S. The molecule has 0 bridgehead atoms. The third-order valence-electron chi connectivity index (χ3n) is 4.06. The molecule has 0 saturated carbocycles. The number of H-pyrrole nitrogens is 1. The van der Waals surface area contributed by atoms with Crippen molar-refractivity contribution in [2.45, 2.75) is 18.8 Å². The van der Waals surface area contributed by atoms with Crippen molar-refractivity contribution in [3.63, 3.8) is 0 Å². The largest absolute Gasteiger partial charge is 0.360 e. The van der Waals surface area contributed by atoms with Gasteiger partial charge in [-0.1, -0.05) is 6.07 Å². The van der Waals surface area contributed by atoms with Crippen LogP contribution in [0.1, 0.15) is 23.6 Å². The molecule has 0 unspecified atom stereocenters. The van der Waals surface area contributed by atoms with Crippen molar-refractivity contribution in [1.82, 2.24) is 15.3 Å². The Hall–Kier alpha value is -1.65. The molecule has 3 nitrogen and oxygen atoms in total. The second-order valence-corrected chi connectivity index (χ2v) is 6.38. The van der Waals surface area contributed by atoms with Gasteiger partial charge in [-0.15, -0.1) is 11.3 Å². The quantitative estimate of drug-likeness (QED) is 0.752. The molecule has 0 aliphatic carbocycles. The summed E-state index contributed by atoms with van der Waals surface area (Å²) < 4.78 is 1.35. The molecule has 102 valence electrons. The van der Waals surface area contributed by atoms with Crippen molar-refractivity contribution in [1.29, 1.82) is 0 Å². The summed E-state index contributed by atoms with van der Waals surface area (Å²) in [5, 5.41) is 3.45. The van der Waals surface area contributed by atoms with Gasteiger partial charge in [-0.3, -0.25) is 4.98 Å². The van der Waals surface area contributed by atoms with Crippen LogP contribution in [-0.2, 0) is 0 Å². The Morgan fingerprint density at radius 1 is 1.15 bits per heavy atom. The SMILES string of the molecule is c1ccc(-c2c(C3CCNCC3)sc3cc[nH]c23)nc1. The van der Waals surface area contributed by atoms with Crippen LogP contribution in [0.25, 0.3) is 21.5 Å². The minimum Gasteiger partial charge on any atom is -0.360 e. The summed E-state index contributed by atoms with van der Waals surface area (Å²) in [4.78, 5) is 9.48. The van der Waals surface area contributed by atoms with Crippen LogP contribution in [0.5, 0.6) is 0 Å². The Bertz CT molecular complexity index is 708. The molecule has 0 radical (unpaired) electrons. The molecule has 1 saturated heterocycles. The molecule has 3 aromatic heterocycles. The van der Waals surface area contributed by atoms with E-state index >= 15 is 0 Å². The Morgan fingerprint density at radius 3 is 2.85 bits per heavy atom. The highest BCUT2D eigenvalue weighted by molar-refractivity contribution is 7.19. The first-order valence-electron chi connectivity index (χ1n) is 7.15. The number of aromatic amines is 1. The Labute approximate surface area is 122 Å². The Balaban J connectivity index is 1.89. The highest BCUT2D eigenvalue weighted by Crippen LogP contribution is 2.43. The second kappa shape index (κ2) is 5.04. The van der Waals surface area contributed by atoms with Gasteiger partial charge in [-0.2, -0.15) is 0 Å². The van der Waals surface area contributed by atoms with Gasteiger partial charge in [0.05, 0.1) is 15.9 Å². The van der Waals surface area contributed by atoms with Crippen molar-refractivity contribution in [2.75, 3.05) is 13.1 Å². The highest BCUT2D eigenvalue weighted by Gasteiger charge is 2.24. The fourth-order valence-electron chi connectivity index (χ4n) is 3.06. The molecule has 3 aromatic rings. The van der Waals surface area contributed by atoms with E-state index in [1.807, 2.05) is 29.8 Å². The monoisotopic (exact) mass is 283 g/mol. The molecule has 1 aliphatic rings. The number of nitrogens with zero attached hydrogens (tertiary/aromatic N) is 1. The third kappa shape index (κ3) is 1.96. The number of fused-ring (bicyclic) bond motifs is 1. The molecular weight excluding hydrogens is 266 g/mol. The van der Waals surface area contributed by atoms with Gasteiger partial charge in [0.1, 0.15) is 0 Å². The fourth-order valence-corrected chi connectivity index (χ4v) is 4.41. The smallest absolute Gasteiger partial charge is 0.0734 e. The lowest BCUT2D eigenvalue weighted by Crippen LogP contribution is -2.26. The van der Waals surface area contributed by atoms with E-state index in [9.17, 15) is 0 Å². The van der Waals surface area contributed by atoms with Gasteiger partial charge in [0.25, 0.3) is 0 Å². The standard InChI is InChI=1S/C16H17N3S/c1-2-7-18-12(3-1)14-15-13(6-10-19-15)20-16(14)11-4-8-17-9-5-11/h1-3,6-7,10-11,17,19H,4-5,8-9H2. The van der Waals surface area contributed by atoms with E-state index in [2.05, 4.69) is 33.5 Å². The maximum Gasteiger partial charge on any atom is 0.0734 e. The van der Waals surface area contributed by atoms with Gasteiger partial charge in [0, 0.05) is 22.8 Å². The number of thiophene rings is 1. The lowest BCUT2D eigenvalue weighted by molar-refractivity contribution is 0.466. The van der Waals surface area contributed by atoms with E-state index in [-0.39, 0.29) is 0 Å². The second-order valence-electron chi connectivity index (χ2n) is 5.30. The topological polar surface area (TPSA) is 40.7 Å². The van der Waals surface area contributed by atoms with Crippen molar-refractivity contribution in [3.8, 4) is 11.3 Å². The fraction of sp³-hybridized carbons (Fsp3) is 0.312. The van der Waals surface area contributed by atoms with Crippen molar-refractivity contribution >= 4 is 21.6 Å². The third-order valence-corrected chi connectivity index (χ3v) is 5.37. The van der Waals surface area contributed by atoms with E-state index < -0.39 is 0 Å². The van der Waals surface area contributed by atoms with Crippen molar-refractivity contribution < 1.29 is 0 Å². The van der Waals surface area contributed by atoms with E-state index in [1.54, 1.807) is 0 Å². The molecule has 0 spiro atoms. The maximum absolute atomic E-state index is 4.58. The number of nitrogens with one attached hydrogen (secondary N) is 2. The van der Waals surface area contributed by atoms with Crippen LogP contribution in [0.15, 0.2) is 36.7 Å². The molecule has 2 N–H and O–H groups in total. The van der Waals surface area contributed by atoms with E-state index in [0.29, 0.717) is 5.92 Å². The number of pyridine rings is 1. The summed E-state index contributed by atoms with van der Waals surface area (Å²) in [5.74, 6) is 0.666. The number of hydrogen-bond acceptors (Lipinski definition) is 3. The van der Waals surface area contributed by atoms with E-state index in [1.165, 1.54) is 33.5 Å². The molecule has 4 rings (SSSR count). The predicted octanol–water partition coefficient (Wildman–Crippen LogP) is 3.76. The highest BCUT2D eigenvalue weighted by atomic mass is 32.1. The Morgan fingerprint density at radius 2 is 2.05 bits per heavy atom. The zero-order valence-electron chi connectivity index (χ0n) is 11.2. The van der Waals surface area contributed by atoms with Crippen LogP contribution >= 0.6 is 11.3 Å². The summed E-state index contributed by atoms with van der Waals surface area (Å²) in [6.07, 6.45) is 6.36. The molecule has 0 amide bonds. The van der Waals surface area contributed by atoms with Crippen molar-refractivity contribution in [3.05, 3.63) is 41.5 Å².